The van der Waals surface area contributed by atoms with Crippen LogP contribution >= 0.6 is 0 Å². The Kier molecular flexibility index (Phi) is 5.24. The van der Waals surface area contributed by atoms with Gasteiger partial charge in [-0.3, -0.25) is 0 Å². The van der Waals surface area contributed by atoms with Crippen molar-refractivity contribution < 1.29 is 17.6 Å². The second kappa shape index (κ2) is 7.43. The van der Waals surface area contributed by atoms with Crippen LogP contribution in [0, 0.1) is 12.7 Å². The normalized spacial score (nSPS) is 15.7. The molecule has 0 radical (unpaired) electrons. The first kappa shape index (κ1) is 18.3. The van der Waals surface area contributed by atoms with Gasteiger partial charge in [0, 0.05) is 31.9 Å². The molecule has 2 aromatic carbocycles. The van der Waals surface area contributed by atoms with Crippen LogP contribution in [0.25, 0.3) is 0 Å². The van der Waals surface area contributed by atoms with Gasteiger partial charge >= 0.3 is 6.03 Å². The topological polar surface area (TPSA) is 69.7 Å². The number of benzene rings is 2. The molecule has 2 aromatic rings. The number of sulfonamides is 1. The number of anilines is 1. The van der Waals surface area contributed by atoms with Crippen LogP contribution in [0.1, 0.15) is 5.56 Å². The first-order chi connectivity index (χ1) is 12.4. The van der Waals surface area contributed by atoms with Crippen LogP contribution in [0.5, 0.6) is 0 Å². The Bertz CT molecular complexity index is 892. The van der Waals surface area contributed by atoms with E-state index in [1.54, 1.807) is 4.90 Å². The molecular formula is C18H20FN3O3S. The molecule has 26 heavy (non-hydrogen) atoms. The summed E-state index contributed by atoms with van der Waals surface area (Å²) in [6.45, 7) is 2.69. The lowest BCUT2D eigenvalue weighted by atomic mass is 10.2. The van der Waals surface area contributed by atoms with Gasteiger partial charge in [-0.25, -0.2) is 17.6 Å². The molecule has 0 bridgehead atoms. The van der Waals surface area contributed by atoms with Crippen molar-refractivity contribution in [2.75, 3.05) is 31.5 Å². The van der Waals surface area contributed by atoms with Crippen molar-refractivity contribution in [2.45, 2.75) is 11.8 Å². The number of hydrogen-bond donors (Lipinski definition) is 1. The number of hydrogen-bond acceptors (Lipinski definition) is 3. The Labute approximate surface area is 152 Å². The third kappa shape index (κ3) is 3.86. The van der Waals surface area contributed by atoms with Crippen LogP contribution in [0.3, 0.4) is 0 Å². The number of piperazine rings is 1. The van der Waals surface area contributed by atoms with Gasteiger partial charge in [0.15, 0.2) is 0 Å². The highest BCUT2D eigenvalue weighted by molar-refractivity contribution is 7.89. The average molecular weight is 377 g/mol. The molecule has 0 spiro atoms. The fourth-order valence-electron chi connectivity index (χ4n) is 2.76. The lowest BCUT2D eigenvalue weighted by molar-refractivity contribution is 0.184. The highest BCUT2D eigenvalue weighted by Crippen LogP contribution is 2.20. The minimum absolute atomic E-state index is 0.123. The van der Waals surface area contributed by atoms with Gasteiger partial charge in [-0.1, -0.05) is 29.8 Å². The van der Waals surface area contributed by atoms with E-state index in [1.165, 1.54) is 22.5 Å². The lowest BCUT2D eigenvalue weighted by Gasteiger charge is -2.34. The highest BCUT2D eigenvalue weighted by atomic mass is 32.2. The quantitative estimate of drug-likeness (QED) is 0.894. The monoisotopic (exact) mass is 377 g/mol. The number of urea groups is 1. The van der Waals surface area contributed by atoms with Crippen LogP contribution in [-0.4, -0.2) is 49.8 Å². The summed E-state index contributed by atoms with van der Waals surface area (Å²) >= 11 is 0. The van der Waals surface area contributed by atoms with Crippen LogP contribution < -0.4 is 5.32 Å². The fourth-order valence-corrected chi connectivity index (χ4v) is 4.25. The first-order valence-corrected chi connectivity index (χ1v) is 9.69. The molecule has 1 aliphatic heterocycles. The zero-order chi connectivity index (χ0) is 18.7. The summed E-state index contributed by atoms with van der Waals surface area (Å²) in [5.74, 6) is -0.771. The third-order valence-electron chi connectivity index (χ3n) is 4.28. The maximum Gasteiger partial charge on any atom is 0.321 e. The largest absolute Gasteiger partial charge is 0.322 e. The zero-order valence-electron chi connectivity index (χ0n) is 14.4. The number of nitrogens with one attached hydrogen (secondary N) is 1. The summed E-state index contributed by atoms with van der Waals surface area (Å²) in [6, 6.07) is 12.4. The lowest BCUT2D eigenvalue weighted by Crippen LogP contribution is -2.51. The molecule has 138 valence electrons. The smallest absolute Gasteiger partial charge is 0.321 e. The SMILES string of the molecule is Cc1ccc(NC(=O)N2CCN(S(=O)(=O)c3ccccc3F)CC2)cc1. The van der Waals surface area contributed by atoms with Crippen molar-refractivity contribution in [1.82, 2.24) is 9.21 Å². The van der Waals surface area contributed by atoms with Crippen molar-refractivity contribution in [3.8, 4) is 0 Å². The molecule has 1 saturated heterocycles. The molecule has 2 amide bonds. The maximum absolute atomic E-state index is 13.8. The Morgan fingerprint density at radius 1 is 1.00 bits per heavy atom. The van der Waals surface area contributed by atoms with E-state index in [9.17, 15) is 17.6 Å². The standard InChI is InChI=1S/C18H20FN3O3S/c1-14-6-8-15(9-7-14)20-18(23)21-10-12-22(13-11-21)26(24,25)17-5-3-2-4-16(17)19/h2-9H,10-13H2,1H3,(H,20,23). The second-order valence-electron chi connectivity index (χ2n) is 6.12. The van der Waals surface area contributed by atoms with Gasteiger partial charge in [-0.05, 0) is 31.2 Å². The predicted molar refractivity (Wildman–Crippen MR) is 96.9 cm³/mol. The van der Waals surface area contributed by atoms with Crippen LogP contribution in [0.2, 0.25) is 0 Å². The summed E-state index contributed by atoms with van der Waals surface area (Å²) in [4.78, 5) is 13.5. The first-order valence-electron chi connectivity index (χ1n) is 8.25. The summed E-state index contributed by atoms with van der Waals surface area (Å²) in [7, 11) is -3.91. The Hall–Kier alpha value is -2.45. The van der Waals surface area contributed by atoms with E-state index in [0.717, 1.165) is 11.6 Å². The number of carbonyl (C=O) groups is 1. The predicted octanol–water partition coefficient (Wildman–Crippen LogP) is 2.67. The van der Waals surface area contributed by atoms with Gasteiger partial charge in [0.05, 0.1) is 0 Å². The fraction of sp³-hybridized carbons (Fsp3) is 0.278. The molecule has 0 aliphatic carbocycles. The molecular weight excluding hydrogens is 357 g/mol. The summed E-state index contributed by atoms with van der Waals surface area (Å²) in [5.41, 5.74) is 1.77. The van der Waals surface area contributed by atoms with E-state index < -0.39 is 15.8 Å². The van der Waals surface area contributed by atoms with E-state index in [2.05, 4.69) is 5.32 Å². The van der Waals surface area contributed by atoms with Gasteiger partial charge < -0.3 is 10.2 Å². The highest BCUT2D eigenvalue weighted by Gasteiger charge is 2.31. The summed E-state index contributed by atoms with van der Waals surface area (Å²) in [5, 5.41) is 2.79. The van der Waals surface area contributed by atoms with Crippen molar-refractivity contribution in [1.29, 1.82) is 0 Å². The molecule has 1 fully saturated rings. The number of aryl methyl sites for hydroxylation is 1. The van der Waals surface area contributed by atoms with Crippen LogP contribution in [0.15, 0.2) is 53.4 Å². The summed E-state index contributed by atoms with van der Waals surface area (Å²) < 4.78 is 40.2. The molecule has 0 atom stereocenters. The molecule has 1 N–H and O–H groups in total. The number of carbonyl (C=O) groups excluding carboxylic acids is 1. The zero-order valence-corrected chi connectivity index (χ0v) is 15.2. The number of halogens is 1. The minimum Gasteiger partial charge on any atom is -0.322 e. The molecule has 6 nitrogen and oxygen atoms in total. The van der Waals surface area contributed by atoms with Gasteiger partial charge in [0.1, 0.15) is 10.7 Å². The maximum atomic E-state index is 13.8. The van der Waals surface area contributed by atoms with Crippen LogP contribution in [0.4, 0.5) is 14.9 Å². The third-order valence-corrected chi connectivity index (χ3v) is 6.22. The molecule has 0 saturated carbocycles. The Morgan fingerprint density at radius 2 is 1.62 bits per heavy atom. The van der Waals surface area contributed by atoms with Crippen molar-refractivity contribution >= 4 is 21.7 Å². The van der Waals surface area contributed by atoms with Crippen molar-refractivity contribution in [2.24, 2.45) is 0 Å². The summed E-state index contributed by atoms with van der Waals surface area (Å²) in [6.07, 6.45) is 0. The van der Waals surface area contributed by atoms with Gasteiger partial charge in [0.25, 0.3) is 0 Å². The molecule has 0 unspecified atom stereocenters. The molecule has 3 rings (SSSR count). The van der Waals surface area contributed by atoms with Crippen molar-refractivity contribution in [3.05, 3.63) is 59.9 Å². The average Bonchev–Trinajstić information content (AvgIpc) is 2.64. The Morgan fingerprint density at radius 3 is 2.23 bits per heavy atom. The van der Waals surface area contributed by atoms with E-state index in [4.69, 9.17) is 0 Å². The van der Waals surface area contributed by atoms with E-state index in [1.807, 2.05) is 31.2 Å². The van der Waals surface area contributed by atoms with E-state index >= 15 is 0 Å². The minimum atomic E-state index is -3.91. The number of nitrogens with zero attached hydrogens (tertiary/aromatic N) is 2. The molecule has 8 heteroatoms. The number of amides is 2. The van der Waals surface area contributed by atoms with E-state index in [-0.39, 0.29) is 37.1 Å². The Balaban J connectivity index is 1.62. The number of rotatable bonds is 3. The molecule has 1 heterocycles. The van der Waals surface area contributed by atoms with Gasteiger partial charge in [-0.15, -0.1) is 0 Å². The van der Waals surface area contributed by atoms with Gasteiger partial charge in [-0.2, -0.15) is 4.31 Å². The molecule has 0 aromatic heterocycles. The van der Waals surface area contributed by atoms with Crippen molar-refractivity contribution in [3.63, 3.8) is 0 Å². The van der Waals surface area contributed by atoms with Gasteiger partial charge in [0.2, 0.25) is 10.0 Å². The van der Waals surface area contributed by atoms with E-state index in [0.29, 0.717) is 5.69 Å². The second-order valence-corrected chi connectivity index (χ2v) is 8.02. The molecule has 1 aliphatic rings. The van der Waals surface area contributed by atoms with Crippen LogP contribution in [-0.2, 0) is 10.0 Å².